The zero-order chi connectivity index (χ0) is 20.0. The van der Waals surface area contributed by atoms with E-state index in [2.05, 4.69) is 26.5 Å². The van der Waals surface area contributed by atoms with Gasteiger partial charge in [-0.05, 0) is 48.5 Å². The van der Waals surface area contributed by atoms with Crippen molar-refractivity contribution >= 4 is 38.2 Å². The van der Waals surface area contributed by atoms with Gasteiger partial charge < -0.3 is 4.18 Å². The lowest BCUT2D eigenvalue weighted by atomic mass is 10.2. The van der Waals surface area contributed by atoms with E-state index in [9.17, 15) is 13.2 Å². The van der Waals surface area contributed by atoms with Crippen LogP contribution in [-0.4, -0.2) is 20.5 Å². The van der Waals surface area contributed by atoms with Crippen molar-refractivity contribution in [1.29, 1.82) is 0 Å². The topological polar surface area (TPSA) is 84.8 Å². The monoisotopic (exact) mass is 458 g/mol. The molecule has 0 radical (unpaired) electrons. The number of amides is 1. The highest BCUT2D eigenvalue weighted by molar-refractivity contribution is 9.10. The fourth-order valence-electron chi connectivity index (χ4n) is 2.24. The second-order valence-corrected chi connectivity index (χ2v) is 8.06. The Morgan fingerprint density at radius 1 is 0.929 bits per heavy atom. The van der Waals surface area contributed by atoms with Gasteiger partial charge in [-0.25, -0.2) is 5.43 Å². The van der Waals surface area contributed by atoms with E-state index in [4.69, 9.17) is 4.18 Å². The molecule has 0 unspecified atom stereocenters. The van der Waals surface area contributed by atoms with Crippen molar-refractivity contribution in [3.63, 3.8) is 0 Å². The Morgan fingerprint density at radius 2 is 1.57 bits per heavy atom. The minimum Gasteiger partial charge on any atom is -0.378 e. The van der Waals surface area contributed by atoms with Gasteiger partial charge in [-0.1, -0.05) is 46.3 Å². The van der Waals surface area contributed by atoms with Crippen molar-refractivity contribution in [2.75, 3.05) is 0 Å². The van der Waals surface area contributed by atoms with Gasteiger partial charge in [0, 0.05) is 15.6 Å². The molecule has 3 aromatic carbocycles. The molecule has 6 nitrogen and oxygen atoms in total. The van der Waals surface area contributed by atoms with Crippen LogP contribution in [0.1, 0.15) is 15.9 Å². The van der Waals surface area contributed by atoms with E-state index in [1.54, 1.807) is 60.7 Å². The third-order valence-corrected chi connectivity index (χ3v) is 5.40. The Balaban J connectivity index is 1.74. The summed E-state index contributed by atoms with van der Waals surface area (Å²) < 4.78 is 30.9. The van der Waals surface area contributed by atoms with Crippen LogP contribution in [0.5, 0.6) is 5.75 Å². The van der Waals surface area contributed by atoms with Crippen LogP contribution in [-0.2, 0) is 10.1 Å². The van der Waals surface area contributed by atoms with Crippen molar-refractivity contribution in [2.24, 2.45) is 5.10 Å². The highest BCUT2D eigenvalue weighted by Gasteiger charge is 2.17. The number of nitrogens with one attached hydrogen (secondary N) is 1. The summed E-state index contributed by atoms with van der Waals surface area (Å²) in [6.45, 7) is 0. The average Bonchev–Trinajstić information content (AvgIpc) is 2.70. The smallest absolute Gasteiger partial charge is 0.339 e. The summed E-state index contributed by atoms with van der Waals surface area (Å²) in [5.41, 5.74) is 3.24. The van der Waals surface area contributed by atoms with Gasteiger partial charge >= 0.3 is 10.1 Å². The molecule has 0 aliphatic heterocycles. The van der Waals surface area contributed by atoms with Gasteiger partial charge in [-0.3, -0.25) is 4.79 Å². The van der Waals surface area contributed by atoms with E-state index in [0.717, 1.165) is 4.47 Å². The average molecular weight is 459 g/mol. The maximum Gasteiger partial charge on any atom is 0.339 e. The molecule has 0 aliphatic rings. The molecule has 1 amide bonds. The van der Waals surface area contributed by atoms with E-state index in [1.165, 1.54) is 24.4 Å². The predicted octanol–water partition coefficient (Wildman–Crippen LogP) is 3.98. The summed E-state index contributed by atoms with van der Waals surface area (Å²) in [5.74, 6) is -0.285. The lowest BCUT2D eigenvalue weighted by Crippen LogP contribution is -2.17. The van der Waals surface area contributed by atoms with Crippen molar-refractivity contribution in [3.05, 3.63) is 94.5 Å². The summed E-state index contributed by atoms with van der Waals surface area (Å²) in [6, 6.07) is 21.1. The molecule has 1 N–H and O–H groups in total. The van der Waals surface area contributed by atoms with E-state index in [1.807, 2.05) is 0 Å². The molecule has 0 fully saturated rings. The fraction of sp³-hybridized carbons (Fsp3) is 0. The van der Waals surface area contributed by atoms with Crippen molar-refractivity contribution in [1.82, 2.24) is 5.43 Å². The summed E-state index contributed by atoms with van der Waals surface area (Å²) >= 11 is 3.30. The first kappa shape index (κ1) is 19.8. The summed E-state index contributed by atoms with van der Waals surface area (Å²) in [5, 5.41) is 3.89. The SMILES string of the molecule is O=C(NN=Cc1ccccc1OS(=O)(=O)c1ccccc1)c1ccc(Br)cc1. The van der Waals surface area contributed by atoms with E-state index < -0.39 is 10.1 Å². The minimum atomic E-state index is -3.98. The molecule has 8 heteroatoms. The maximum atomic E-state index is 12.4. The van der Waals surface area contributed by atoms with Crippen LogP contribution in [0.25, 0.3) is 0 Å². The number of carbonyl (C=O) groups is 1. The molecular formula is C20H15BrN2O4S. The van der Waals surface area contributed by atoms with Gasteiger partial charge in [0.1, 0.15) is 4.90 Å². The van der Waals surface area contributed by atoms with E-state index >= 15 is 0 Å². The number of para-hydroxylation sites is 1. The third kappa shape index (κ3) is 5.05. The molecular weight excluding hydrogens is 444 g/mol. The fourth-order valence-corrected chi connectivity index (χ4v) is 3.48. The van der Waals surface area contributed by atoms with Crippen LogP contribution >= 0.6 is 15.9 Å². The lowest BCUT2D eigenvalue weighted by Gasteiger charge is -2.09. The number of hydrogen-bond donors (Lipinski definition) is 1. The first-order valence-corrected chi connectivity index (χ1v) is 10.3. The molecule has 28 heavy (non-hydrogen) atoms. The Bertz CT molecular complexity index is 1100. The zero-order valence-electron chi connectivity index (χ0n) is 14.4. The van der Waals surface area contributed by atoms with Gasteiger partial charge in [0.2, 0.25) is 0 Å². The van der Waals surface area contributed by atoms with Crippen LogP contribution in [0.2, 0.25) is 0 Å². The normalized spacial score (nSPS) is 11.3. The molecule has 0 saturated heterocycles. The van der Waals surface area contributed by atoms with Gasteiger partial charge in [0.05, 0.1) is 6.21 Å². The zero-order valence-corrected chi connectivity index (χ0v) is 16.9. The van der Waals surface area contributed by atoms with Crippen LogP contribution in [0.3, 0.4) is 0 Å². The first-order chi connectivity index (χ1) is 13.5. The molecule has 0 aliphatic carbocycles. The molecule has 3 rings (SSSR count). The van der Waals surface area contributed by atoms with Crippen LogP contribution in [0, 0.1) is 0 Å². The maximum absolute atomic E-state index is 12.4. The minimum absolute atomic E-state index is 0.0466. The molecule has 142 valence electrons. The van der Waals surface area contributed by atoms with Crippen molar-refractivity contribution in [3.8, 4) is 5.75 Å². The molecule has 3 aromatic rings. The molecule has 0 heterocycles. The van der Waals surface area contributed by atoms with Gasteiger partial charge in [0.15, 0.2) is 5.75 Å². The summed E-state index contributed by atoms with van der Waals surface area (Å²) in [6.07, 6.45) is 1.33. The highest BCUT2D eigenvalue weighted by atomic mass is 79.9. The number of rotatable bonds is 6. The number of nitrogens with zero attached hydrogens (tertiary/aromatic N) is 1. The lowest BCUT2D eigenvalue weighted by molar-refractivity contribution is 0.0955. The largest absolute Gasteiger partial charge is 0.378 e. The third-order valence-electron chi connectivity index (χ3n) is 3.63. The molecule has 0 saturated carbocycles. The van der Waals surface area contributed by atoms with Crippen molar-refractivity contribution < 1.29 is 17.4 Å². The van der Waals surface area contributed by atoms with Crippen molar-refractivity contribution in [2.45, 2.75) is 4.90 Å². The van der Waals surface area contributed by atoms with Crippen LogP contribution in [0.15, 0.2) is 93.3 Å². The van der Waals surface area contributed by atoms with Gasteiger partial charge in [0.25, 0.3) is 5.91 Å². The van der Waals surface area contributed by atoms with E-state index in [-0.39, 0.29) is 16.6 Å². The first-order valence-electron chi connectivity index (χ1n) is 8.13. The number of hydrogen-bond acceptors (Lipinski definition) is 5. The number of carbonyl (C=O) groups excluding carboxylic acids is 1. The number of benzene rings is 3. The highest BCUT2D eigenvalue weighted by Crippen LogP contribution is 2.21. The second kappa shape index (κ2) is 8.81. The Hall–Kier alpha value is -2.97. The molecule has 0 bridgehead atoms. The molecule has 0 atom stereocenters. The summed E-state index contributed by atoms with van der Waals surface area (Å²) in [4.78, 5) is 12.1. The van der Waals surface area contributed by atoms with Gasteiger partial charge in [-0.2, -0.15) is 13.5 Å². The van der Waals surface area contributed by atoms with E-state index in [0.29, 0.717) is 11.1 Å². The van der Waals surface area contributed by atoms with Crippen LogP contribution < -0.4 is 9.61 Å². The quantitative estimate of drug-likeness (QED) is 0.343. The number of hydrazone groups is 1. The van der Waals surface area contributed by atoms with Gasteiger partial charge in [-0.15, -0.1) is 0 Å². The molecule has 0 aromatic heterocycles. The predicted molar refractivity (Wildman–Crippen MR) is 110 cm³/mol. The number of halogens is 1. The second-order valence-electron chi connectivity index (χ2n) is 5.59. The standard InChI is InChI=1S/C20H15BrN2O4S/c21-17-12-10-15(11-13-17)20(24)23-22-14-16-6-4-5-9-19(16)27-28(25,26)18-7-2-1-3-8-18/h1-14H,(H,23,24). The summed E-state index contributed by atoms with van der Waals surface area (Å²) in [7, 11) is -3.98. The Kier molecular flexibility index (Phi) is 6.23. The van der Waals surface area contributed by atoms with Crippen LogP contribution in [0.4, 0.5) is 0 Å². The molecule has 0 spiro atoms. The Labute approximate surface area is 171 Å². The Morgan fingerprint density at radius 3 is 2.29 bits per heavy atom.